The van der Waals surface area contributed by atoms with Crippen LogP contribution in [-0.4, -0.2) is 38.4 Å². The van der Waals surface area contributed by atoms with E-state index in [1.165, 1.54) is 0 Å². The Hall–Kier alpha value is -3.46. The van der Waals surface area contributed by atoms with Gasteiger partial charge in [-0.2, -0.15) is 0 Å². The molecule has 4 aliphatic carbocycles. The van der Waals surface area contributed by atoms with Crippen LogP contribution in [0.25, 0.3) is 28.1 Å². The first-order chi connectivity index (χ1) is 21.3. The van der Waals surface area contributed by atoms with Crippen LogP contribution in [0.5, 0.6) is 5.88 Å². The molecule has 0 amide bonds. The molecule has 8 rings (SSSR count). The number of fused-ring (bicyclic) bond motifs is 4. The Kier molecular flexibility index (Phi) is 7.63. The molecule has 2 bridgehead atoms. The number of halogens is 2. The smallest absolute Gasteiger partial charge is 0.354 e. The summed E-state index contributed by atoms with van der Waals surface area (Å²) in [4.78, 5) is 19.8. The zero-order valence-electron chi connectivity index (χ0n) is 24.4. The lowest BCUT2D eigenvalue weighted by Gasteiger charge is -2.52. The molecule has 0 spiro atoms. The monoisotopic (exact) mass is 633 g/mol. The fourth-order valence-corrected chi connectivity index (χ4v) is 7.34. The molecule has 0 radical (unpaired) electrons. The van der Waals surface area contributed by atoms with E-state index >= 15 is 0 Å². The lowest BCUT2D eigenvalue weighted by Crippen LogP contribution is -2.46. The van der Waals surface area contributed by atoms with Crippen LogP contribution in [0.1, 0.15) is 91.6 Å². The molecule has 0 saturated heterocycles. The summed E-state index contributed by atoms with van der Waals surface area (Å²) in [6.07, 6.45) is 16.0. The number of rotatable bonds is 10. The molecule has 4 aliphatic rings. The Bertz CT molecular complexity index is 1740. The van der Waals surface area contributed by atoms with Crippen molar-refractivity contribution in [2.24, 2.45) is 5.41 Å². The largest absolute Gasteiger partial charge is 0.478 e. The number of carboxylic acids is 1. The van der Waals surface area contributed by atoms with Crippen molar-refractivity contribution in [2.45, 2.75) is 76.4 Å². The minimum Gasteiger partial charge on any atom is -0.478 e. The molecule has 3 aromatic heterocycles. The molecular formula is C34H33Cl2N3O5. The number of carbonyl (C=O) groups is 1. The van der Waals surface area contributed by atoms with E-state index in [1.54, 1.807) is 18.5 Å². The van der Waals surface area contributed by atoms with Crippen LogP contribution in [0, 0.1) is 5.41 Å². The zero-order chi connectivity index (χ0) is 30.5. The van der Waals surface area contributed by atoms with Crippen molar-refractivity contribution in [1.29, 1.82) is 0 Å². The summed E-state index contributed by atoms with van der Waals surface area (Å²) in [5.41, 5.74) is 3.23. The Morgan fingerprint density at radius 2 is 1.82 bits per heavy atom. The number of ether oxygens (including phenoxy) is 2. The molecule has 0 aliphatic heterocycles. The van der Waals surface area contributed by atoms with Crippen molar-refractivity contribution < 1.29 is 23.9 Å². The number of pyridine rings is 2. The number of aromatic carboxylic acids is 1. The van der Waals surface area contributed by atoms with Gasteiger partial charge in [0.15, 0.2) is 5.69 Å². The van der Waals surface area contributed by atoms with Gasteiger partial charge < -0.3 is 19.1 Å². The number of aromatic nitrogens is 3. The summed E-state index contributed by atoms with van der Waals surface area (Å²) in [6.45, 7) is 2.69. The van der Waals surface area contributed by atoms with Gasteiger partial charge in [-0.1, -0.05) is 52.6 Å². The van der Waals surface area contributed by atoms with Gasteiger partial charge in [0.1, 0.15) is 11.5 Å². The number of allylic oxidation sites excluding steroid dienone is 1. The van der Waals surface area contributed by atoms with Crippen LogP contribution < -0.4 is 4.74 Å². The molecule has 44 heavy (non-hydrogen) atoms. The highest BCUT2D eigenvalue weighted by Crippen LogP contribution is 2.55. The molecule has 228 valence electrons. The highest BCUT2D eigenvalue weighted by Gasteiger charge is 2.48. The van der Waals surface area contributed by atoms with Gasteiger partial charge in [-0.15, -0.1) is 0 Å². The van der Waals surface area contributed by atoms with Crippen molar-refractivity contribution in [3.8, 4) is 17.1 Å². The Morgan fingerprint density at radius 1 is 1.09 bits per heavy atom. The Labute approximate surface area is 265 Å². The molecule has 8 nitrogen and oxygen atoms in total. The van der Waals surface area contributed by atoms with E-state index < -0.39 is 5.97 Å². The topological polar surface area (TPSA) is 108 Å². The molecule has 10 heteroatoms. The Morgan fingerprint density at radius 3 is 2.48 bits per heavy atom. The van der Waals surface area contributed by atoms with E-state index in [0.717, 1.165) is 79.0 Å². The fraction of sp³-hybridized carbons (Fsp3) is 0.412. The predicted octanol–water partition coefficient (Wildman–Crippen LogP) is 8.89. The zero-order valence-corrected chi connectivity index (χ0v) is 26.0. The maximum absolute atomic E-state index is 11.5. The highest BCUT2D eigenvalue weighted by molar-refractivity contribution is 6.38. The lowest BCUT2D eigenvalue weighted by molar-refractivity contribution is -0.133. The van der Waals surface area contributed by atoms with Gasteiger partial charge in [-0.05, 0) is 86.8 Å². The van der Waals surface area contributed by atoms with E-state index in [0.29, 0.717) is 46.3 Å². The van der Waals surface area contributed by atoms with Crippen LogP contribution in [0.4, 0.5) is 0 Å². The molecule has 1 aromatic carbocycles. The van der Waals surface area contributed by atoms with Crippen molar-refractivity contribution in [3.05, 3.63) is 75.4 Å². The molecule has 3 heterocycles. The van der Waals surface area contributed by atoms with Crippen molar-refractivity contribution in [1.82, 2.24) is 15.1 Å². The van der Waals surface area contributed by atoms with Crippen LogP contribution in [0.3, 0.4) is 0 Å². The maximum Gasteiger partial charge on any atom is 0.354 e. The normalized spacial score (nSPS) is 23.1. The molecule has 4 aromatic rings. The van der Waals surface area contributed by atoms with E-state index in [-0.39, 0.29) is 16.7 Å². The maximum atomic E-state index is 11.5. The van der Waals surface area contributed by atoms with Gasteiger partial charge in [-0.3, -0.25) is 4.98 Å². The molecule has 4 fully saturated rings. The van der Waals surface area contributed by atoms with Crippen molar-refractivity contribution in [3.63, 3.8) is 0 Å². The summed E-state index contributed by atoms with van der Waals surface area (Å²) in [5, 5.41) is 16.3. The van der Waals surface area contributed by atoms with Gasteiger partial charge in [0.2, 0.25) is 5.88 Å². The van der Waals surface area contributed by atoms with Crippen molar-refractivity contribution in [2.75, 3.05) is 6.61 Å². The van der Waals surface area contributed by atoms with Crippen LogP contribution >= 0.6 is 23.2 Å². The highest BCUT2D eigenvalue weighted by atomic mass is 35.5. The van der Waals surface area contributed by atoms with Gasteiger partial charge in [0, 0.05) is 34.8 Å². The van der Waals surface area contributed by atoms with Crippen LogP contribution in [0.15, 0.2) is 47.3 Å². The first-order valence-corrected chi connectivity index (χ1v) is 16.0. The quantitative estimate of drug-likeness (QED) is 0.184. The van der Waals surface area contributed by atoms with Gasteiger partial charge in [-0.25, -0.2) is 9.78 Å². The van der Waals surface area contributed by atoms with Gasteiger partial charge in [0.05, 0.1) is 28.9 Å². The van der Waals surface area contributed by atoms with E-state index in [1.807, 2.05) is 25.1 Å². The average molecular weight is 635 g/mol. The van der Waals surface area contributed by atoms with Gasteiger partial charge >= 0.3 is 5.97 Å². The SMILES string of the molecule is CCOc1nc(C(=O)O)cc2ccc(/C=C/C34CCC(OCc5c(-c6c(Cl)cncc6Cl)noc5C5CC5)(CC3)CC4)cc12. The van der Waals surface area contributed by atoms with E-state index in [9.17, 15) is 9.90 Å². The molecule has 4 saturated carbocycles. The third kappa shape index (κ3) is 5.48. The summed E-state index contributed by atoms with van der Waals surface area (Å²) in [6, 6.07) is 7.57. The van der Waals surface area contributed by atoms with Crippen molar-refractivity contribution >= 4 is 46.0 Å². The minimum atomic E-state index is -1.07. The van der Waals surface area contributed by atoms with Crippen LogP contribution in [0.2, 0.25) is 10.0 Å². The standard InChI is InChI=1S/C34H33Cl2N3O5/c1-2-42-31-23-15-20(3-4-22(23)16-27(38-31)32(40)41)7-8-33-9-12-34(13-10-33,14-11-33)43-19-24-29(39-44-30(24)21-5-6-21)28-25(35)17-37-18-26(28)36/h3-4,7-8,15-18,21H,2,5-6,9-14,19H2,1H3,(H,40,41)/b8-7+. The minimum absolute atomic E-state index is 0.0211. The third-order valence-corrected chi connectivity index (χ3v) is 10.1. The number of nitrogens with zero attached hydrogens (tertiary/aromatic N) is 3. The summed E-state index contributed by atoms with van der Waals surface area (Å²) in [5.74, 6) is 0.541. The second-order valence-corrected chi connectivity index (χ2v) is 13.1. The van der Waals surface area contributed by atoms with Gasteiger partial charge in [0.25, 0.3) is 0 Å². The van der Waals surface area contributed by atoms with E-state index in [4.69, 9.17) is 37.2 Å². The fourth-order valence-electron chi connectivity index (χ4n) is 6.80. The molecule has 0 atom stereocenters. The Balaban J connectivity index is 1.07. The molecular weight excluding hydrogens is 601 g/mol. The summed E-state index contributed by atoms with van der Waals surface area (Å²) >= 11 is 13.0. The molecule has 1 N–H and O–H groups in total. The number of carboxylic acid groups (broad SMARTS) is 1. The lowest BCUT2D eigenvalue weighted by atomic mass is 9.58. The average Bonchev–Trinajstić information content (AvgIpc) is 3.80. The number of hydrogen-bond acceptors (Lipinski definition) is 7. The summed E-state index contributed by atoms with van der Waals surface area (Å²) < 4.78 is 18.3. The molecule has 0 unspecified atom stereocenters. The first kappa shape index (κ1) is 29.3. The summed E-state index contributed by atoms with van der Waals surface area (Å²) in [7, 11) is 0. The van der Waals surface area contributed by atoms with Crippen LogP contribution in [-0.2, 0) is 11.3 Å². The second kappa shape index (κ2) is 11.5. The predicted molar refractivity (Wildman–Crippen MR) is 168 cm³/mol. The first-order valence-electron chi connectivity index (χ1n) is 15.2. The van der Waals surface area contributed by atoms with E-state index in [2.05, 4.69) is 27.3 Å². The number of hydrogen-bond donors (Lipinski definition) is 1. The third-order valence-electron chi connectivity index (χ3n) is 9.57. The second-order valence-electron chi connectivity index (χ2n) is 12.3. The number of benzene rings is 1.